The molecule has 0 aromatic heterocycles. The molecule has 60 valence electrons. The Kier molecular flexibility index (Phi) is 4.49. The van der Waals surface area contributed by atoms with Crippen LogP contribution in [0.4, 0.5) is 4.79 Å². The zero-order valence-corrected chi connectivity index (χ0v) is 5.96. The summed E-state index contributed by atoms with van der Waals surface area (Å²) in [4.78, 5) is 23.1. The number of carbonyl (C=O) groups excluding carboxylic acids is 2. The summed E-state index contributed by atoms with van der Waals surface area (Å²) in [5, 5.41) is 2.31. The van der Waals surface area contributed by atoms with Crippen molar-refractivity contribution in [2.24, 2.45) is 5.73 Å². The molecule has 0 aliphatic carbocycles. The van der Waals surface area contributed by atoms with E-state index in [1.807, 2.05) is 0 Å². The number of rotatable bonds is 4. The third-order valence-electron chi connectivity index (χ3n) is 0.991. The lowest BCUT2D eigenvalue weighted by atomic mass is 10.3. The predicted octanol–water partition coefficient (Wildman–Crippen LogP) is -0.119. The van der Waals surface area contributed by atoms with Gasteiger partial charge in [0.1, 0.15) is 0 Å². The summed E-state index contributed by atoms with van der Waals surface area (Å²) in [5.41, 5.74) is 4.75. The van der Waals surface area contributed by atoms with Gasteiger partial charge in [0, 0.05) is 13.0 Å². The van der Waals surface area contributed by atoms with Gasteiger partial charge in [0.15, 0.2) is 0 Å². The van der Waals surface area contributed by atoms with Gasteiger partial charge in [-0.05, 0) is 6.42 Å². The minimum Gasteiger partial charge on any atom is -0.352 e. The maximum absolute atomic E-state index is 10.4. The highest BCUT2D eigenvalue weighted by Gasteiger charge is 1.98. The summed E-state index contributed by atoms with van der Waals surface area (Å²) in [6.07, 6.45) is 0.633. The first-order chi connectivity index (χ1) is 5.16. The van der Waals surface area contributed by atoms with E-state index in [0.29, 0.717) is 13.0 Å². The summed E-state index contributed by atoms with van der Waals surface area (Å²) in [5.74, 6) is -0.490. The smallest absolute Gasteiger partial charge is 0.352 e. The third-order valence-corrected chi connectivity index (χ3v) is 0.991. The van der Waals surface area contributed by atoms with E-state index in [4.69, 9.17) is 12.3 Å². The maximum Gasteiger partial charge on any atom is 0.355 e. The van der Waals surface area contributed by atoms with Gasteiger partial charge in [-0.3, -0.25) is 0 Å². The molecule has 5 nitrogen and oxygen atoms in total. The first-order valence-electron chi connectivity index (χ1n) is 3.10. The summed E-state index contributed by atoms with van der Waals surface area (Å²) in [6, 6.07) is -0.611. The van der Waals surface area contributed by atoms with Crippen LogP contribution in [0.2, 0.25) is 0 Å². The molecular weight excluding hydrogens is 146 g/mol. The molecule has 0 heterocycles. The molecule has 5 heteroatoms. The summed E-state index contributed by atoms with van der Waals surface area (Å²) in [6.45, 7) is 6.64. The molecule has 0 aliphatic rings. The van der Waals surface area contributed by atoms with Gasteiger partial charge in [0.05, 0.1) is 6.57 Å². The molecule has 0 bridgehead atoms. The number of nitrogens with one attached hydrogen (secondary N) is 1. The SMILES string of the molecule is [C-]#[N+]C(=O)CCCNC(N)=O. The van der Waals surface area contributed by atoms with E-state index in [2.05, 4.69) is 10.2 Å². The Labute approximate surface area is 64.4 Å². The molecule has 0 rings (SSSR count). The maximum atomic E-state index is 10.4. The number of urea groups is 1. The van der Waals surface area contributed by atoms with Crippen molar-refractivity contribution in [3.05, 3.63) is 11.4 Å². The zero-order chi connectivity index (χ0) is 8.69. The molecule has 11 heavy (non-hydrogen) atoms. The number of nitrogens with two attached hydrogens (primary N) is 1. The number of nitrogens with zero attached hydrogens (tertiary/aromatic N) is 1. The summed E-state index contributed by atoms with van der Waals surface area (Å²) >= 11 is 0. The van der Waals surface area contributed by atoms with Crippen LogP contribution in [0.3, 0.4) is 0 Å². The highest BCUT2D eigenvalue weighted by molar-refractivity contribution is 5.85. The molecule has 0 spiro atoms. The molecule has 0 aromatic rings. The molecule has 0 radical (unpaired) electrons. The van der Waals surface area contributed by atoms with E-state index in [0.717, 1.165) is 0 Å². The second-order valence-electron chi connectivity index (χ2n) is 1.90. The van der Waals surface area contributed by atoms with Crippen LogP contribution < -0.4 is 11.1 Å². The molecule has 0 fully saturated rings. The lowest BCUT2D eigenvalue weighted by Gasteiger charge is -1.97. The van der Waals surface area contributed by atoms with Gasteiger partial charge in [-0.1, -0.05) is 0 Å². The monoisotopic (exact) mass is 155 g/mol. The Morgan fingerprint density at radius 3 is 2.64 bits per heavy atom. The van der Waals surface area contributed by atoms with Gasteiger partial charge in [-0.25, -0.2) is 4.79 Å². The molecule has 3 amide bonds. The van der Waals surface area contributed by atoms with E-state index in [1.54, 1.807) is 0 Å². The van der Waals surface area contributed by atoms with Crippen LogP contribution in [-0.2, 0) is 4.79 Å². The topological polar surface area (TPSA) is 76.6 Å². The Hall–Kier alpha value is -1.57. The number of carbonyl (C=O) groups is 2. The van der Waals surface area contributed by atoms with Gasteiger partial charge in [-0.2, -0.15) is 4.85 Å². The number of hydrogen-bond acceptors (Lipinski definition) is 2. The quantitative estimate of drug-likeness (QED) is 0.438. The van der Waals surface area contributed by atoms with Crippen molar-refractivity contribution in [1.29, 1.82) is 0 Å². The van der Waals surface area contributed by atoms with E-state index < -0.39 is 11.9 Å². The highest BCUT2D eigenvalue weighted by Crippen LogP contribution is 1.89. The fourth-order valence-corrected chi connectivity index (χ4v) is 0.507. The van der Waals surface area contributed by atoms with Crippen LogP contribution in [0.25, 0.3) is 4.85 Å². The van der Waals surface area contributed by atoms with Gasteiger partial charge >= 0.3 is 11.9 Å². The van der Waals surface area contributed by atoms with Crippen molar-refractivity contribution in [2.45, 2.75) is 12.8 Å². The van der Waals surface area contributed by atoms with Gasteiger partial charge in [-0.15, -0.1) is 0 Å². The van der Waals surface area contributed by atoms with Crippen LogP contribution in [-0.4, -0.2) is 18.5 Å². The Morgan fingerprint density at radius 2 is 2.18 bits per heavy atom. The highest BCUT2D eigenvalue weighted by atomic mass is 16.2. The average molecular weight is 155 g/mol. The fourth-order valence-electron chi connectivity index (χ4n) is 0.507. The minimum atomic E-state index is -0.611. The number of hydrogen-bond donors (Lipinski definition) is 2. The van der Waals surface area contributed by atoms with E-state index in [-0.39, 0.29) is 6.42 Å². The van der Waals surface area contributed by atoms with E-state index in [9.17, 15) is 9.59 Å². The Bertz CT molecular complexity index is 194. The molecule has 0 unspecified atom stereocenters. The molecule has 0 saturated heterocycles. The first-order valence-corrected chi connectivity index (χ1v) is 3.10. The lowest BCUT2D eigenvalue weighted by Crippen LogP contribution is -2.30. The number of primary amides is 1. The summed E-state index contributed by atoms with van der Waals surface area (Å²) < 4.78 is 0. The standard InChI is InChI=1S/C6H9N3O2/c1-8-5(10)3-2-4-9-6(7)11/h2-4H2,(H3,7,9,11). The first kappa shape index (κ1) is 9.43. The van der Waals surface area contributed by atoms with E-state index in [1.165, 1.54) is 0 Å². The largest absolute Gasteiger partial charge is 0.355 e. The molecular formula is C6H9N3O2. The van der Waals surface area contributed by atoms with E-state index >= 15 is 0 Å². The van der Waals surface area contributed by atoms with Gasteiger partial charge < -0.3 is 15.8 Å². The Balaban J connectivity index is 3.23. The van der Waals surface area contributed by atoms with Crippen LogP contribution in [0.15, 0.2) is 0 Å². The lowest BCUT2D eigenvalue weighted by molar-refractivity contribution is -0.114. The van der Waals surface area contributed by atoms with Crippen molar-refractivity contribution >= 4 is 11.9 Å². The Morgan fingerprint density at radius 1 is 1.55 bits per heavy atom. The molecule has 0 atom stereocenters. The van der Waals surface area contributed by atoms with Crippen molar-refractivity contribution in [2.75, 3.05) is 6.54 Å². The van der Waals surface area contributed by atoms with Gasteiger partial charge in [0.2, 0.25) is 0 Å². The van der Waals surface area contributed by atoms with Crippen molar-refractivity contribution in [1.82, 2.24) is 5.32 Å². The minimum absolute atomic E-state index is 0.170. The average Bonchev–Trinajstić information content (AvgIpc) is 1.97. The second kappa shape index (κ2) is 5.23. The van der Waals surface area contributed by atoms with Crippen LogP contribution in [0, 0.1) is 6.57 Å². The fraction of sp³-hybridized carbons (Fsp3) is 0.500. The van der Waals surface area contributed by atoms with Gasteiger partial charge in [0.25, 0.3) is 0 Å². The van der Waals surface area contributed by atoms with Crippen molar-refractivity contribution < 1.29 is 9.59 Å². The van der Waals surface area contributed by atoms with Crippen molar-refractivity contribution in [3.8, 4) is 0 Å². The second-order valence-corrected chi connectivity index (χ2v) is 1.90. The van der Waals surface area contributed by atoms with Crippen LogP contribution in [0.1, 0.15) is 12.8 Å². The number of amides is 3. The molecule has 0 aliphatic heterocycles. The third kappa shape index (κ3) is 6.31. The molecule has 0 aromatic carbocycles. The molecule has 3 N–H and O–H groups in total. The predicted molar refractivity (Wildman–Crippen MR) is 38.4 cm³/mol. The van der Waals surface area contributed by atoms with Crippen LogP contribution >= 0.6 is 0 Å². The molecule has 0 saturated carbocycles. The summed E-state index contributed by atoms with van der Waals surface area (Å²) in [7, 11) is 0. The normalized spacial score (nSPS) is 8.27. The van der Waals surface area contributed by atoms with Crippen LogP contribution in [0.5, 0.6) is 0 Å². The zero-order valence-electron chi connectivity index (χ0n) is 5.96. The van der Waals surface area contributed by atoms with Crippen molar-refractivity contribution in [3.63, 3.8) is 0 Å².